The fourth-order valence-corrected chi connectivity index (χ4v) is 3.87. The summed E-state index contributed by atoms with van der Waals surface area (Å²) >= 11 is 0. The minimum Gasteiger partial charge on any atom is -0.386 e. The molecule has 1 aromatic carbocycles. The fourth-order valence-electron chi connectivity index (χ4n) is 3.87. The van der Waals surface area contributed by atoms with Crippen LogP contribution in [0.5, 0.6) is 0 Å². The Bertz CT molecular complexity index is 756. The molecule has 0 spiro atoms. The minimum absolute atomic E-state index is 0.0896. The molecule has 0 amide bonds. The number of benzene rings is 1. The molecule has 1 heterocycles. The Morgan fingerprint density at radius 2 is 1.91 bits per heavy atom. The number of methoxy groups -OCH3 is 2. The second-order valence-electron chi connectivity index (χ2n) is 5.67. The van der Waals surface area contributed by atoms with Gasteiger partial charge in [-0.15, -0.1) is 0 Å². The zero-order valence-corrected chi connectivity index (χ0v) is 12.6. The van der Waals surface area contributed by atoms with E-state index in [2.05, 4.69) is 17.1 Å². The molecule has 112 valence electrons. The summed E-state index contributed by atoms with van der Waals surface area (Å²) in [6.07, 6.45) is 0. The molecule has 1 saturated carbocycles. The van der Waals surface area contributed by atoms with E-state index in [1.807, 2.05) is 31.2 Å². The highest BCUT2D eigenvalue weighted by molar-refractivity contribution is 6.00. The highest BCUT2D eigenvalue weighted by Crippen LogP contribution is 2.81. The van der Waals surface area contributed by atoms with Gasteiger partial charge >= 0.3 is 0 Å². The molecule has 3 unspecified atom stereocenters. The van der Waals surface area contributed by atoms with Crippen LogP contribution in [0.2, 0.25) is 0 Å². The van der Waals surface area contributed by atoms with Crippen LogP contribution in [0.25, 0.3) is 0 Å². The lowest BCUT2D eigenvalue weighted by Gasteiger charge is -2.29. The molecule has 0 bridgehead atoms. The van der Waals surface area contributed by atoms with Gasteiger partial charge in [0, 0.05) is 20.1 Å². The van der Waals surface area contributed by atoms with Crippen molar-refractivity contribution in [3.63, 3.8) is 0 Å². The summed E-state index contributed by atoms with van der Waals surface area (Å²) < 4.78 is 10.8. The summed E-state index contributed by atoms with van der Waals surface area (Å²) in [5, 5.41) is 19.7. The van der Waals surface area contributed by atoms with Gasteiger partial charge in [-0.1, -0.05) is 29.8 Å². The summed E-state index contributed by atoms with van der Waals surface area (Å²) in [6, 6.07) is 12.1. The third kappa shape index (κ3) is 1.24. The minimum atomic E-state index is -1.56. The van der Waals surface area contributed by atoms with Crippen molar-refractivity contribution in [2.45, 2.75) is 18.8 Å². The van der Waals surface area contributed by atoms with E-state index in [1.165, 1.54) is 14.2 Å². The zero-order valence-electron chi connectivity index (χ0n) is 12.6. The molecular weight excluding hydrogens is 280 g/mol. The average Bonchev–Trinajstić information content (AvgIpc) is 3.11. The van der Waals surface area contributed by atoms with E-state index in [0.717, 1.165) is 11.1 Å². The molecule has 1 aliphatic heterocycles. The molecule has 6 heteroatoms. The van der Waals surface area contributed by atoms with Gasteiger partial charge in [0.2, 0.25) is 0 Å². The first kappa shape index (κ1) is 14.5. The van der Waals surface area contributed by atoms with Crippen molar-refractivity contribution in [1.29, 1.82) is 10.5 Å². The summed E-state index contributed by atoms with van der Waals surface area (Å²) in [4.78, 5) is 4.18. The van der Waals surface area contributed by atoms with Gasteiger partial charge in [0.1, 0.15) is 11.3 Å². The van der Waals surface area contributed by atoms with Gasteiger partial charge in [0.15, 0.2) is 5.41 Å². The molecule has 2 N–H and O–H groups in total. The Balaban J connectivity index is 2.26. The van der Waals surface area contributed by atoms with Crippen LogP contribution < -0.4 is 5.73 Å². The van der Waals surface area contributed by atoms with Crippen molar-refractivity contribution < 1.29 is 9.47 Å². The van der Waals surface area contributed by atoms with Crippen molar-refractivity contribution in [3.8, 4) is 12.1 Å². The lowest BCUT2D eigenvalue weighted by molar-refractivity contribution is -0.230. The van der Waals surface area contributed by atoms with Crippen LogP contribution in [0.15, 0.2) is 29.3 Å². The topological polar surface area (TPSA) is 104 Å². The Kier molecular flexibility index (Phi) is 2.84. The Morgan fingerprint density at radius 3 is 2.41 bits per heavy atom. The fraction of sp³-hybridized carbons (Fsp3) is 0.438. The number of nitrogens with zero attached hydrogens (tertiary/aromatic N) is 3. The number of hydrogen-bond donors (Lipinski definition) is 1. The number of nitrogens with two attached hydrogens (primary N) is 1. The maximum Gasteiger partial charge on any atom is 0.292 e. The molecule has 1 aliphatic carbocycles. The molecule has 6 nitrogen and oxygen atoms in total. The normalized spacial score (nSPS) is 34.2. The van der Waals surface area contributed by atoms with Crippen LogP contribution in [-0.4, -0.2) is 26.0 Å². The SMILES string of the molecule is COC1(OC)N=C(N)C2(C#N)C(c3cccc(C)c3)C12C#N. The molecule has 1 aromatic rings. The van der Waals surface area contributed by atoms with E-state index in [9.17, 15) is 10.5 Å². The number of fused-ring (bicyclic) bond motifs is 1. The van der Waals surface area contributed by atoms with E-state index in [4.69, 9.17) is 15.2 Å². The lowest BCUT2D eigenvalue weighted by atomic mass is 9.93. The smallest absolute Gasteiger partial charge is 0.292 e. The Hall–Kier alpha value is -2.41. The van der Waals surface area contributed by atoms with E-state index < -0.39 is 22.7 Å². The monoisotopic (exact) mass is 296 g/mol. The lowest BCUT2D eigenvalue weighted by Crippen LogP contribution is -2.41. The second-order valence-corrected chi connectivity index (χ2v) is 5.67. The standard InChI is InChI=1S/C16H16N4O2/c1-10-5-4-6-11(7-10)12-14(8-17)13(19)20-16(21-2,22-3)15(12,14)9-18/h4-7,12H,1-3H3,(H2,19,20). The van der Waals surface area contributed by atoms with Gasteiger partial charge in [0.25, 0.3) is 5.91 Å². The number of ether oxygens (including phenoxy) is 2. The first-order chi connectivity index (χ1) is 10.5. The third-order valence-electron chi connectivity index (χ3n) is 4.86. The number of amidine groups is 1. The maximum absolute atomic E-state index is 9.89. The molecule has 1 fully saturated rings. The number of nitriles is 2. The van der Waals surface area contributed by atoms with Crippen LogP contribution in [-0.2, 0) is 9.47 Å². The molecule has 3 atom stereocenters. The van der Waals surface area contributed by atoms with Crippen molar-refractivity contribution in [1.82, 2.24) is 0 Å². The predicted octanol–water partition coefficient (Wildman–Crippen LogP) is 1.43. The molecule has 2 aliphatic rings. The molecule has 22 heavy (non-hydrogen) atoms. The quantitative estimate of drug-likeness (QED) is 0.849. The molecular formula is C16H16N4O2. The van der Waals surface area contributed by atoms with Crippen LogP contribution >= 0.6 is 0 Å². The van der Waals surface area contributed by atoms with Crippen molar-refractivity contribution >= 4 is 5.84 Å². The van der Waals surface area contributed by atoms with E-state index >= 15 is 0 Å². The van der Waals surface area contributed by atoms with Gasteiger partial charge in [0.05, 0.1) is 12.1 Å². The molecule has 0 saturated heterocycles. The van der Waals surface area contributed by atoms with Gasteiger partial charge in [-0.2, -0.15) is 10.5 Å². The average molecular weight is 296 g/mol. The van der Waals surface area contributed by atoms with Crippen LogP contribution in [0.1, 0.15) is 17.0 Å². The molecule has 0 aromatic heterocycles. The predicted molar refractivity (Wildman–Crippen MR) is 78.4 cm³/mol. The van der Waals surface area contributed by atoms with Crippen molar-refractivity contribution in [3.05, 3.63) is 35.4 Å². The summed E-state index contributed by atoms with van der Waals surface area (Å²) in [5.41, 5.74) is 5.43. The third-order valence-corrected chi connectivity index (χ3v) is 4.86. The number of aryl methyl sites for hydroxylation is 1. The number of hydrogen-bond acceptors (Lipinski definition) is 6. The first-order valence-corrected chi connectivity index (χ1v) is 6.85. The summed E-state index contributed by atoms with van der Waals surface area (Å²) in [7, 11) is 2.80. The van der Waals surface area contributed by atoms with Crippen LogP contribution in [0.4, 0.5) is 0 Å². The summed E-state index contributed by atoms with van der Waals surface area (Å²) in [5.74, 6) is -1.91. The van der Waals surface area contributed by atoms with Crippen molar-refractivity contribution in [2.24, 2.45) is 21.6 Å². The highest BCUT2D eigenvalue weighted by atomic mass is 16.7. The number of rotatable bonds is 3. The van der Waals surface area contributed by atoms with Gasteiger partial charge in [-0.05, 0) is 12.5 Å². The maximum atomic E-state index is 9.89. The highest BCUT2D eigenvalue weighted by Gasteiger charge is 2.93. The second kappa shape index (κ2) is 4.30. The van der Waals surface area contributed by atoms with E-state index in [1.54, 1.807) is 0 Å². The van der Waals surface area contributed by atoms with E-state index in [-0.39, 0.29) is 5.84 Å². The van der Waals surface area contributed by atoms with Gasteiger partial charge in [-0.3, -0.25) is 0 Å². The zero-order chi connectivity index (χ0) is 16.2. The van der Waals surface area contributed by atoms with Crippen LogP contribution in [0, 0.1) is 40.4 Å². The van der Waals surface area contributed by atoms with Crippen LogP contribution in [0.3, 0.4) is 0 Å². The van der Waals surface area contributed by atoms with Gasteiger partial charge < -0.3 is 15.2 Å². The molecule has 0 radical (unpaired) electrons. The number of aliphatic imine (C=N–C) groups is 1. The molecule has 3 rings (SSSR count). The first-order valence-electron chi connectivity index (χ1n) is 6.85. The van der Waals surface area contributed by atoms with Gasteiger partial charge in [-0.25, -0.2) is 4.99 Å². The Morgan fingerprint density at radius 1 is 1.23 bits per heavy atom. The Labute approximate surface area is 128 Å². The van der Waals surface area contributed by atoms with E-state index in [0.29, 0.717) is 0 Å². The van der Waals surface area contributed by atoms with Crippen molar-refractivity contribution in [2.75, 3.05) is 14.2 Å². The summed E-state index contributed by atoms with van der Waals surface area (Å²) in [6.45, 7) is 1.96. The largest absolute Gasteiger partial charge is 0.386 e.